The molecule has 1 aromatic carbocycles. The van der Waals surface area contributed by atoms with E-state index in [9.17, 15) is 0 Å². The molecule has 1 unspecified atom stereocenters. The van der Waals surface area contributed by atoms with E-state index in [-0.39, 0.29) is 0 Å². The summed E-state index contributed by atoms with van der Waals surface area (Å²) in [6, 6.07) is 9.45. The number of benzene rings is 1. The second-order valence-corrected chi connectivity index (χ2v) is 5.28. The van der Waals surface area contributed by atoms with Crippen LogP contribution in [0.4, 0.5) is 0 Å². The Labute approximate surface area is 118 Å². The number of nitrogens with one attached hydrogen (secondary N) is 1. The first-order chi connectivity index (χ1) is 9.17. The molecular weight excluding hydrogens is 234 g/mol. The molecule has 0 aliphatic rings. The Hall–Kier alpha value is -0.860. The fraction of sp³-hybridized carbons (Fsp3) is 0.647. The first kappa shape index (κ1) is 16.2. The highest BCUT2D eigenvalue weighted by molar-refractivity contribution is 5.24. The molecule has 1 aromatic rings. The highest BCUT2D eigenvalue weighted by Gasteiger charge is 2.07. The molecule has 0 saturated heterocycles. The van der Waals surface area contributed by atoms with Gasteiger partial charge < -0.3 is 10.1 Å². The minimum atomic E-state index is 0.337. The third-order valence-corrected chi connectivity index (χ3v) is 3.36. The van der Waals surface area contributed by atoms with Gasteiger partial charge >= 0.3 is 0 Å². The Morgan fingerprint density at radius 3 is 2.32 bits per heavy atom. The van der Waals surface area contributed by atoms with E-state index < -0.39 is 0 Å². The molecular formula is C17H29NO. The molecule has 1 N–H and O–H groups in total. The third-order valence-electron chi connectivity index (χ3n) is 3.36. The van der Waals surface area contributed by atoms with Crippen LogP contribution in [0, 0.1) is 0 Å². The van der Waals surface area contributed by atoms with Gasteiger partial charge in [0, 0.05) is 12.6 Å². The van der Waals surface area contributed by atoms with Crippen LogP contribution in [-0.4, -0.2) is 19.3 Å². The van der Waals surface area contributed by atoms with Crippen LogP contribution in [0.1, 0.15) is 57.7 Å². The molecule has 2 nitrogen and oxygen atoms in total. The smallest absolute Gasteiger partial charge is 0.0518 e. The van der Waals surface area contributed by atoms with Gasteiger partial charge in [-0.25, -0.2) is 0 Å². The molecule has 108 valence electrons. The molecule has 0 bridgehead atoms. The van der Waals surface area contributed by atoms with Crippen LogP contribution >= 0.6 is 0 Å². The number of hydrogen-bond donors (Lipinski definition) is 1. The summed E-state index contributed by atoms with van der Waals surface area (Å²) in [6.45, 7) is 10.4. The average molecular weight is 263 g/mol. The van der Waals surface area contributed by atoms with Crippen LogP contribution in [-0.2, 0) is 11.2 Å². The number of hydrogen-bond acceptors (Lipinski definition) is 2. The van der Waals surface area contributed by atoms with Crippen LogP contribution in [0.25, 0.3) is 0 Å². The standard InChI is InChI=1S/C17H29NO/c1-5-15-8-10-16(11-9-15)17(6-2)18-12-7-13-19-14(3)4/h8-11,14,17-18H,5-7,12-13H2,1-4H3. The van der Waals surface area contributed by atoms with Crippen molar-refractivity contribution in [2.45, 2.75) is 59.1 Å². The Balaban J connectivity index is 2.35. The van der Waals surface area contributed by atoms with E-state index in [1.807, 2.05) is 0 Å². The fourth-order valence-electron chi connectivity index (χ4n) is 2.15. The molecule has 0 aliphatic heterocycles. The zero-order chi connectivity index (χ0) is 14.1. The molecule has 19 heavy (non-hydrogen) atoms. The maximum atomic E-state index is 5.55. The zero-order valence-electron chi connectivity index (χ0n) is 12.9. The minimum absolute atomic E-state index is 0.337. The van der Waals surface area contributed by atoms with Crippen molar-refractivity contribution in [3.8, 4) is 0 Å². The molecule has 0 radical (unpaired) electrons. The van der Waals surface area contributed by atoms with Gasteiger partial charge in [0.2, 0.25) is 0 Å². The SMILES string of the molecule is CCc1ccc(C(CC)NCCCOC(C)C)cc1. The molecule has 0 amide bonds. The van der Waals surface area contributed by atoms with Gasteiger partial charge in [-0.05, 0) is 50.8 Å². The summed E-state index contributed by atoms with van der Waals surface area (Å²) in [5.41, 5.74) is 2.80. The molecule has 2 heteroatoms. The summed E-state index contributed by atoms with van der Waals surface area (Å²) in [5, 5.41) is 3.62. The van der Waals surface area contributed by atoms with Crippen LogP contribution < -0.4 is 5.32 Å². The first-order valence-corrected chi connectivity index (χ1v) is 7.61. The van der Waals surface area contributed by atoms with Crippen molar-refractivity contribution in [1.29, 1.82) is 0 Å². The van der Waals surface area contributed by atoms with Crippen molar-refractivity contribution in [2.75, 3.05) is 13.2 Å². The van der Waals surface area contributed by atoms with E-state index in [0.29, 0.717) is 12.1 Å². The maximum Gasteiger partial charge on any atom is 0.0518 e. The van der Waals surface area contributed by atoms with E-state index in [0.717, 1.165) is 32.4 Å². The van der Waals surface area contributed by atoms with Crippen molar-refractivity contribution in [2.24, 2.45) is 0 Å². The van der Waals surface area contributed by atoms with Gasteiger partial charge in [0.25, 0.3) is 0 Å². The Bertz CT molecular complexity index is 332. The van der Waals surface area contributed by atoms with E-state index in [1.54, 1.807) is 0 Å². The molecule has 0 spiro atoms. The largest absolute Gasteiger partial charge is 0.379 e. The first-order valence-electron chi connectivity index (χ1n) is 7.61. The lowest BCUT2D eigenvalue weighted by atomic mass is 10.0. The quantitative estimate of drug-likeness (QED) is 0.677. The predicted molar refractivity (Wildman–Crippen MR) is 82.6 cm³/mol. The molecule has 1 atom stereocenters. The number of rotatable bonds is 9. The fourth-order valence-corrected chi connectivity index (χ4v) is 2.15. The molecule has 1 rings (SSSR count). The monoisotopic (exact) mass is 263 g/mol. The maximum absolute atomic E-state index is 5.55. The zero-order valence-corrected chi connectivity index (χ0v) is 12.9. The molecule has 0 aromatic heterocycles. The highest BCUT2D eigenvalue weighted by Crippen LogP contribution is 2.17. The van der Waals surface area contributed by atoms with Gasteiger partial charge in [-0.15, -0.1) is 0 Å². The molecule has 0 heterocycles. The predicted octanol–water partition coefficient (Wildman–Crippen LogP) is 4.10. The summed E-state index contributed by atoms with van der Waals surface area (Å²) in [6.07, 6.45) is 3.64. The average Bonchev–Trinajstić information content (AvgIpc) is 2.43. The lowest BCUT2D eigenvalue weighted by Gasteiger charge is -2.18. The van der Waals surface area contributed by atoms with Crippen LogP contribution in [0.3, 0.4) is 0 Å². The van der Waals surface area contributed by atoms with Crippen LogP contribution in [0.15, 0.2) is 24.3 Å². The van der Waals surface area contributed by atoms with Crippen molar-refractivity contribution in [3.63, 3.8) is 0 Å². The van der Waals surface area contributed by atoms with Gasteiger partial charge in [-0.3, -0.25) is 0 Å². The molecule has 0 aliphatic carbocycles. The van der Waals surface area contributed by atoms with Crippen molar-refractivity contribution < 1.29 is 4.74 Å². The normalized spacial score (nSPS) is 12.9. The highest BCUT2D eigenvalue weighted by atomic mass is 16.5. The Morgan fingerprint density at radius 2 is 1.79 bits per heavy atom. The number of ether oxygens (including phenoxy) is 1. The van der Waals surface area contributed by atoms with Gasteiger partial charge in [-0.2, -0.15) is 0 Å². The number of aryl methyl sites for hydroxylation is 1. The van der Waals surface area contributed by atoms with Gasteiger partial charge in [0.05, 0.1) is 6.10 Å². The third kappa shape index (κ3) is 6.22. The van der Waals surface area contributed by atoms with E-state index in [4.69, 9.17) is 4.74 Å². The van der Waals surface area contributed by atoms with Crippen molar-refractivity contribution >= 4 is 0 Å². The van der Waals surface area contributed by atoms with Crippen molar-refractivity contribution in [3.05, 3.63) is 35.4 Å². The van der Waals surface area contributed by atoms with E-state index in [1.165, 1.54) is 11.1 Å². The van der Waals surface area contributed by atoms with Crippen molar-refractivity contribution in [1.82, 2.24) is 5.32 Å². The van der Waals surface area contributed by atoms with Gasteiger partial charge in [-0.1, -0.05) is 38.1 Å². The molecule has 0 saturated carbocycles. The summed E-state index contributed by atoms with van der Waals surface area (Å²) in [7, 11) is 0. The second kappa shape index (κ2) is 9.11. The van der Waals surface area contributed by atoms with E-state index >= 15 is 0 Å². The van der Waals surface area contributed by atoms with Gasteiger partial charge in [0.1, 0.15) is 0 Å². The summed E-state index contributed by atoms with van der Waals surface area (Å²) >= 11 is 0. The Kier molecular flexibility index (Phi) is 7.76. The lowest BCUT2D eigenvalue weighted by molar-refractivity contribution is 0.0767. The molecule has 0 fully saturated rings. The van der Waals surface area contributed by atoms with Gasteiger partial charge in [0.15, 0.2) is 0 Å². The summed E-state index contributed by atoms with van der Waals surface area (Å²) < 4.78 is 5.55. The Morgan fingerprint density at radius 1 is 1.11 bits per heavy atom. The van der Waals surface area contributed by atoms with E-state index in [2.05, 4.69) is 57.3 Å². The lowest BCUT2D eigenvalue weighted by Crippen LogP contribution is -2.23. The van der Waals surface area contributed by atoms with Crippen LogP contribution in [0.5, 0.6) is 0 Å². The summed E-state index contributed by atoms with van der Waals surface area (Å²) in [4.78, 5) is 0. The topological polar surface area (TPSA) is 21.3 Å². The second-order valence-electron chi connectivity index (χ2n) is 5.28. The summed E-state index contributed by atoms with van der Waals surface area (Å²) in [5.74, 6) is 0. The minimum Gasteiger partial charge on any atom is -0.379 e. The van der Waals surface area contributed by atoms with Crippen LogP contribution in [0.2, 0.25) is 0 Å².